The molecule has 5 N–H and O–H groups in total. The van der Waals surface area contributed by atoms with Crippen LogP contribution in [0.4, 0.5) is 0 Å². The summed E-state index contributed by atoms with van der Waals surface area (Å²) in [5.74, 6) is 0.0703. The van der Waals surface area contributed by atoms with Crippen LogP contribution in [0.25, 0.3) is 0 Å². The quantitative estimate of drug-likeness (QED) is 0.0670. The molecule has 1 amide bonds. The molecule has 0 saturated heterocycles. The summed E-state index contributed by atoms with van der Waals surface area (Å²) in [5.41, 5.74) is -0.661. The van der Waals surface area contributed by atoms with Crippen LogP contribution in [0, 0.1) is 46.3 Å². The Balaban J connectivity index is 1.20. The van der Waals surface area contributed by atoms with E-state index in [1.165, 1.54) is 96.3 Å². The molecule has 0 aromatic heterocycles. The van der Waals surface area contributed by atoms with E-state index in [0.717, 1.165) is 25.7 Å². The Labute approximate surface area is 311 Å². The van der Waals surface area contributed by atoms with Crippen LogP contribution in [0.2, 0.25) is 0 Å². The fourth-order valence-electron chi connectivity index (χ4n) is 12.3. The molecule has 51 heavy (non-hydrogen) atoms. The van der Waals surface area contributed by atoms with E-state index in [1.54, 1.807) is 0 Å². The van der Waals surface area contributed by atoms with E-state index in [9.17, 15) is 30.0 Å². The lowest BCUT2D eigenvalue weighted by atomic mass is 9.42. The van der Waals surface area contributed by atoms with Crippen molar-refractivity contribution in [3.05, 3.63) is 0 Å². The van der Waals surface area contributed by atoms with Crippen LogP contribution in [0.15, 0.2) is 0 Å². The average Bonchev–Trinajstić information content (AvgIpc) is 3.45. The van der Waals surface area contributed by atoms with Crippen LogP contribution in [0.3, 0.4) is 0 Å². The number of carbonyl (C=O) groups excluding carboxylic acids is 1. The Morgan fingerprint density at radius 1 is 0.686 bits per heavy atom. The van der Waals surface area contributed by atoms with Crippen molar-refractivity contribution in [3.8, 4) is 0 Å². The number of aliphatic hydroxyl groups is 3. The number of unbranched alkanes of at least 4 members (excludes halogenated alkanes) is 16. The number of rotatable bonds is 23. The molecule has 4 rings (SSSR count). The summed E-state index contributed by atoms with van der Waals surface area (Å²) in [7, 11) is 0. The summed E-state index contributed by atoms with van der Waals surface area (Å²) in [5, 5.41) is 47.4. The molecule has 4 aliphatic carbocycles. The molecular formula is C44H79NO6. The number of amides is 1. The highest BCUT2D eigenvalue weighted by atomic mass is 16.4. The van der Waals surface area contributed by atoms with Crippen molar-refractivity contribution < 1.29 is 30.0 Å². The van der Waals surface area contributed by atoms with Gasteiger partial charge in [0.25, 0.3) is 0 Å². The highest BCUT2D eigenvalue weighted by molar-refractivity contribution is 5.76. The lowest BCUT2D eigenvalue weighted by molar-refractivity contribution is -0.214. The van der Waals surface area contributed by atoms with Crippen LogP contribution in [0.5, 0.6) is 0 Å². The van der Waals surface area contributed by atoms with Crippen molar-refractivity contribution in [2.24, 2.45) is 46.3 Å². The van der Waals surface area contributed by atoms with E-state index < -0.39 is 24.3 Å². The fourth-order valence-corrected chi connectivity index (χ4v) is 12.3. The van der Waals surface area contributed by atoms with Gasteiger partial charge in [0.2, 0.25) is 5.91 Å². The Morgan fingerprint density at radius 3 is 1.78 bits per heavy atom. The zero-order valence-corrected chi connectivity index (χ0v) is 33.3. The van der Waals surface area contributed by atoms with Gasteiger partial charge in [-0.05, 0) is 97.7 Å². The van der Waals surface area contributed by atoms with Crippen molar-refractivity contribution in [2.75, 3.05) is 0 Å². The first-order valence-corrected chi connectivity index (χ1v) is 22.0. The molecule has 0 radical (unpaired) electrons. The maximum Gasteiger partial charge on any atom is 0.303 e. The largest absolute Gasteiger partial charge is 0.481 e. The molecule has 1 unspecified atom stereocenters. The standard InChI is InChI=1S/C44H79NO6/c1-5-6-7-8-9-10-11-12-13-14-15-16-17-18-19-20-21-22-40(49)45-38-29-33(46)27-32-28-37(47)42-35-25-24-34(31(2)23-26-41(50)51)44(35,4)39(48)30-36(42)43(32,38)3/h31-39,42,46-48H,5-30H2,1-4H3,(H,45,49)(H,50,51)/t31-,32+,33+,34-,35+,36+,37-,38?,39+,42+,43+,44-/m1/s1. The van der Waals surface area contributed by atoms with Gasteiger partial charge in [-0.3, -0.25) is 9.59 Å². The molecule has 12 atom stereocenters. The summed E-state index contributed by atoms with van der Waals surface area (Å²) in [6.07, 6.45) is 26.4. The first-order chi connectivity index (χ1) is 24.4. The SMILES string of the molecule is CCCCCCCCCCCCCCCCCCCC(=O)NC1C[C@@H](O)C[C@H]2C[C@@H](O)[C@@H]3[C@H](C[C@H](O)[C@]4(C)[C@@H]([C@H](C)CCC(=O)O)CC[C@@H]34)[C@@]12C. The maximum atomic E-state index is 13.4. The van der Waals surface area contributed by atoms with Crippen molar-refractivity contribution in [3.63, 3.8) is 0 Å². The number of carboxylic acids is 1. The number of carboxylic acid groups (broad SMARTS) is 1. The number of aliphatic hydroxyl groups excluding tert-OH is 3. The van der Waals surface area contributed by atoms with Crippen molar-refractivity contribution in [2.45, 2.75) is 219 Å². The van der Waals surface area contributed by atoms with Gasteiger partial charge in [-0.15, -0.1) is 0 Å². The van der Waals surface area contributed by atoms with E-state index in [2.05, 4.69) is 33.0 Å². The second-order valence-electron chi connectivity index (χ2n) is 18.5. The molecular weight excluding hydrogens is 638 g/mol. The Kier molecular flexibility index (Phi) is 17.1. The first kappa shape index (κ1) is 42.6. The molecule has 0 heterocycles. The van der Waals surface area contributed by atoms with Crippen molar-refractivity contribution in [1.82, 2.24) is 5.32 Å². The molecule has 4 saturated carbocycles. The normalized spacial score (nSPS) is 36.6. The lowest BCUT2D eigenvalue weighted by Gasteiger charge is -2.65. The highest BCUT2D eigenvalue weighted by Crippen LogP contribution is 2.68. The van der Waals surface area contributed by atoms with Gasteiger partial charge < -0.3 is 25.7 Å². The van der Waals surface area contributed by atoms with Crippen molar-refractivity contribution >= 4 is 11.9 Å². The molecule has 0 aromatic carbocycles. The van der Waals surface area contributed by atoms with Crippen molar-refractivity contribution in [1.29, 1.82) is 0 Å². The van der Waals surface area contributed by atoms with E-state index in [4.69, 9.17) is 0 Å². The smallest absolute Gasteiger partial charge is 0.303 e. The summed E-state index contributed by atoms with van der Waals surface area (Å²) in [6, 6.07) is -0.173. The van der Waals surface area contributed by atoms with Crippen LogP contribution in [0.1, 0.15) is 195 Å². The average molecular weight is 718 g/mol. The maximum absolute atomic E-state index is 13.4. The van der Waals surface area contributed by atoms with Gasteiger partial charge in [0.15, 0.2) is 0 Å². The van der Waals surface area contributed by atoms with Gasteiger partial charge in [0, 0.05) is 18.9 Å². The highest BCUT2D eigenvalue weighted by Gasteiger charge is 2.67. The van der Waals surface area contributed by atoms with Crippen LogP contribution in [-0.4, -0.2) is 56.7 Å². The Hall–Kier alpha value is -1.18. The van der Waals surface area contributed by atoms with Crippen LogP contribution in [-0.2, 0) is 9.59 Å². The van der Waals surface area contributed by atoms with E-state index in [0.29, 0.717) is 38.5 Å². The topological polar surface area (TPSA) is 127 Å². The predicted molar refractivity (Wildman–Crippen MR) is 206 cm³/mol. The molecule has 0 spiro atoms. The molecule has 4 fully saturated rings. The van der Waals surface area contributed by atoms with Gasteiger partial charge in [0.05, 0.1) is 18.3 Å². The molecule has 4 aliphatic rings. The third-order valence-electron chi connectivity index (χ3n) is 15.3. The number of fused-ring (bicyclic) bond motifs is 5. The summed E-state index contributed by atoms with van der Waals surface area (Å²) < 4.78 is 0. The van der Waals surface area contributed by atoms with Gasteiger partial charge in [-0.2, -0.15) is 0 Å². The molecule has 296 valence electrons. The molecule has 0 aliphatic heterocycles. The minimum absolute atomic E-state index is 0.0380. The van der Waals surface area contributed by atoms with Gasteiger partial charge in [-0.1, -0.05) is 130 Å². The second kappa shape index (κ2) is 20.5. The van der Waals surface area contributed by atoms with E-state index >= 15 is 0 Å². The Morgan fingerprint density at radius 2 is 1.24 bits per heavy atom. The predicted octanol–water partition coefficient (Wildman–Crippen LogP) is 9.59. The van der Waals surface area contributed by atoms with Gasteiger partial charge in [0.1, 0.15) is 0 Å². The van der Waals surface area contributed by atoms with Crippen LogP contribution >= 0.6 is 0 Å². The summed E-state index contributed by atoms with van der Waals surface area (Å²) >= 11 is 0. The zero-order valence-electron chi connectivity index (χ0n) is 33.3. The molecule has 0 aromatic rings. The number of carbonyl (C=O) groups is 2. The number of hydrogen-bond donors (Lipinski definition) is 5. The Bertz CT molecular complexity index is 1050. The minimum atomic E-state index is -0.773. The third-order valence-corrected chi connectivity index (χ3v) is 15.3. The second-order valence-corrected chi connectivity index (χ2v) is 18.5. The number of nitrogens with one attached hydrogen (secondary N) is 1. The molecule has 7 heteroatoms. The zero-order chi connectivity index (χ0) is 37.0. The first-order valence-electron chi connectivity index (χ1n) is 22.0. The minimum Gasteiger partial charge on any atom is -0.481 e. The molecule has 7 nitrogen and oxygen atoms in total. The van der Waals surface area contributed by atoms with Crippen LogP contribution < -0.4 is 5.32 Å². The summed E-state index contributed by atoms with van der Waals surface area (Å²) in [6.45, 7) is 8.91. The van der Waals surface area contributed by atoms with Gasteiger partial charge >= 0.3 is 5.97 Å². The van der Waals surface area contributed by atoms with E-state index in [-0.39, 0.29) is 64.7 Å². The summed E-state index contributed by atoms with van der Waals surface area (Å²) in [4.78, 5) is 24.7. The number of hydrogen-bond acceptors (Lipinski definition) is 5. The number of aliphatic carboxylic acids is 1. The fraction of sp³-hybridized carbons (Fsp3) is 0.955. The van der Waals surface area contributed by atoms with E-state index in [1.807, 2.05) is 0 Å². The molecule has 0 bridgehead atoms. The third kappa shape index (κ3) is 10.7. The van der Waals surface area contributed by atoms with Gasteiger partial charge in [-0.25, -0.2) is 0 Å². The lowest BCUT2D eigenvalue weighted by Crippen LogP contribution is -2.68. The monoisotopic (exact) mass is 718 g/mol.